The van der Waals surface area contributed by atoms with Crippen LogP contribution in [0.25, 0.3) is 0 Å². The molecule has 1 aromatic rings. The lowest BCUT2D eigenvalue weighted by Crippen LogP contribution is -1.92. The second-order valence-corrected chi connectivity index (χ2v) is 3.57. The molecule has 0 aliphatic rings. The van der Waals surface area contributed by atoms with Gasteiger partial charge in [0.1, 0.15) is 0 Å². The minimum Gasteiger partial charge on any atom is -0.264 e. The first kappa shape index (κ1) is 9.20. The minimum atomic E-state index is 0.892. The molecule has 0 aliphatic heterocycles. The monoisotopic (exact) mass is 277 g/mol. The Kier molecular flexibility index (Phi) is 4.08. The van der Waals surface area contributed by atoms with E-state index in [4.69, 9.17) is 0 Å². The summed E-state index contributed by atoms with van der Waals surface area (Å²) in [6.07, 6.45) is 4.82. The Morgan fingerprint density at radius 2 is 2.09 bits per heavy atom. The van der Waals surface area contributed by atoms with Crippen molar-refractivity contribution in [3.05, 3.63) is 29.6 Å². The molecule has 0 atom stereocenters. The molecule has 0 bridgehead atoms. The van der Waals surface area contributed by atoms with E-state index in [1.165, 1.54) is 11.1 Å². The van der Waals surface area contributed by atoms with Crippen LogP contribution in [0.1, 0.15) is 11.1 Å². The summed E-state index contributed by atoms with van der Waals surface area (Å²) in [5.41, 5.74) is 2.65. The predicted octanol–water partition coefficient (Wildman–Crippen LogP) is 2.91. The second-order valence-electron chi connectivity index (χ2n) is 2.22. The molecule has 0 spiro atoms. The molecule has 1 heterocycles. The highest BCUT2D eigenvalue weighted by molar-refractivity contribution is 9.09. The number of aromatic nitrogens is 1. The zero-order valence-corrected chi connectivity index (χ0v) is 9.23. The number of hydrogen-bond donors (Lipinski definition) is 0. The third-order valence-corrected chi connectivity index (χ3v) is 2.51. The molecule has 0 fully saturated rings. The van der Waals surface area contributed by atoms with Crippen molar-refractivity contribution in [2.75, 3.05) is 5.33 Å². The summed E-state index contributed by atoms with van der Waals surface area (Å²) in [7, 11) is 0. The number of hydrogen-bond acceptors (Lipinski definition) is 1. The van der Waals surface area contributed by atoms with Gasteiger partial charge in [0.05, 0.1) is 0 Å². The van der Waals surface area contributed by atoms with Gasteiger partial charge in [-0.2, -0.15) is 0 Å². The van der Waals surface area contributed by atoms with E-state index < -0.39 is 0 Å². The smallest absolute Gasteiger partial charge is 0.0311 e. The molecule has 0 N–H and O–H groups in total. The van der Waals surface area contributed by atoms with E-state index in [2.05, 4.69) is 42.9 Å². The molecule has 0 amide bonds. The summed E-state index contributed by atoms with van der Waals surface area (Å²) < 4.78 is 0. The van der Waals surface area contributed by atoms with Crippen molar-refractivity contribution < 1.29 is 0 Å². The number of halogens is 2. The lowest BCUT2D eigenvalue weighted by atomic mass is 10.1. The van der Waals surface area contributed by atoms with Crippen LogP contribution >= 0.6 is 31.9 Å². The van der Waals surface area contributed by atoms with E-state index in [0.717, 1.165) is 17.1 Å². The lowest BCUT2D eigenvalue weighted by Gasteiger charge is -2.02. The van der Waals surface area contributed by atoms with Crippen LogP contribution in [0.5, 0.6) is 0 Å². The highest BCUT2D eigenvalue weighted by atomic mass is 79.9. The van der Waals surface area contributed by atoms with Gasteiger partial charge in [0.25, 0.3) is 0 Å². The zero-order chi connectivity index (χ0) is 8.10. The summed E-state index contributed by atoms with van der Waals surface area (Å²) >= 11 is 6.84. The van der Waals surface area contributed by atoms with Crippen molar-refractivity contribution in [3.63, 3.8) is 0 Å². The Labute approximate surface area is 83.5 Å². The molecule has 1 nitrogen and oxygen atoms in total. The van der Waals surface area contributed by atoms with Gasteiger partial charge >= 0.3 is 0 Å². The number of rotatable bonds is 3. The van der Waals surface area contributed by atoms with Gasteiger partial charge in [0, 0.05) is 23.1 Å². The first-order chi connectivity index (χ1) is 5.38. The Morgan fingerprint density at radius 3 is 2.73 bits per heavy atom. The summed E-state index contributed by atoms with van der Waals surface area (Å²) in [5.74, 6) is 0. The van der Waals surface area contributed by atoms with E-state index in [-0.39, 0.29) is 0 Å². The van der Waals surface area contributed by atoms with Crippen LogP contribution in [0.3, 0.4) is 0 Å². The van der Waals surface area contributed by atoms with E-state index >= 15 is 0 Å². The third-order valence-electron chi connectivity index (χ3n) is 1.51. The Bertz CT molecular complexity index is 225. The molecule has 60 valence electrons. The SMILES string of the molecule is BrCCc1ccncc1CBr. The maximum atomic E-state index is 4.05. The molecule has 0 saturated heterocycles. The van der Waals surface area contributed by atoms with E-state index in [1.807, 2.05) is 12.4 Å². The molecule has 0 saturated carbocycles. The Hall–Kier alpha value is 0.110. The normalized spacial score (nSPS) is 10.0. The van der Waals surface area contributed by atoms with Crippen LogP contribution in [0.2, 0.25) is 0 Å². The molecule has 1 aromatic heterocycles. The van der Waals surface area contributed by atoms with Gasteiger partial charge in [-0.25, -0.2) is 0 Å². The lowest BCUT2D eigenvalue weighted by molar-refractivity contribution is 1.09. The van der Waals surface area contributed by atoms with Crippen molar-refractivity contribution in [2.45, 2.75) is 11.8 Å². The quantitative estimate of drug-likeness (QED) is 0.775. The first-order valence-corrected chi connectivity index (χ1v) is 5.66. The zero-order valence-electron chi connectivity index (χ0n) is 6.06. The molecule has 0 aliphatic carbocycles. The topological polar surface area (TPSA) is 12.9 Å². The Morgan fingerprint density at radius 1 is 1.27 bits per heavy atom. The fourth-order valence-corrected chi connectivity index (χ4v) is 1.85. The molecule has 3 heteroatoms. The van der Waals surface area contributed by atoms with Crippen molar-refractivity contribution in [1.29, 1.82) is 0 Å². The minimum absolute atomic E-state index is 0.892. The van der Waals surface area contributed by atoms with E-state index in [9.17, 15) is 0 Å². The van der Waals surface area contributed by atoms with Gasteiger partial charge < -0.3 is 0 Å². The molecule has 11 heavy (non-hydrogen) atoms. The van der Waals surface area contributed by atoms with Gasteiger partial charge in [0.15, 0.2) is 0 Å². The average Bonchev–Trinajstić information content (AvgIpc) is 2.06. The van der Waals surface area contributed by atoms with Crippen molar-refractivity contribution in [2.24, 2.45) is 0 Å². The van der Waals surface area contributed by atoms with Crippen LogP contribution in [0.4, 0.5) is 0 Å². The van der Waals surface area contributed by atoms with Gasteiger partial charge in [0.2, 0.25) is 0 Å². The predicted molar refractivity (Wildman–Crippen MR) is 54.4 cm³/mol. The van der Waals surface area contributed by atoms with Crippen LogP contribution < -0.4 is 0 Å². The number of nitrogens with zero attached hydrogens (tertiary/aromatic N) is 1. The van der Waals surface area contributed by atoms with Crippen LogP contribution in [-0.4, -0.2) is 10.3 Å². The number of alkyl halides is 2. The summed E-state index contributed by atoms with van der Waals surface area (Å²) in [5, 5.41) is 1.90. The fraction of sp³-hybridized carbons (Fsp3) is 0.375. The third kappa shape index (κ3) is 2.56. The molecule has 0 radical (unpaired) electrons. The molecular weight excluding hydrogens is 270 g/mol. The number of aryl methyl sites for hydroxylation is 1. The average molecular weight is 279 g/mol. The van der Waals surface area contributed by atoms with Gasteiger partial charge in [-0.05, 0) is 23.6 Å². The van der Waals surface area contributed by atoms with Gasteiger partial charge in [-0.1, -0.05) is 31.9 Å². The van der Waals surface area contributed by atoms with Gasteiger partial charge in [-0.3, -0.25) is 4.98 Å². The highest BCUT2D eigenvalue weighted by Gasteiger charge is 1.98. The largest absolute Gasteiger partial charge is 0.264 e. The maximum absolute atomic E-state index is 4.05. The molecule has 1 rings (SSSR count). The van der Waals surface area contributed by atoms with Crippen molar-refractivity contribution in [3.8, 4) is 0 Å². The maximum Gasteiger partial charge on any atom is 0.0311 e. The van der Waals surface area contributed by atoms with Crippen molar-refractivity contribution in [1.82, 2.24) is 4.98 Å². The first-order valence-electron chi connectivity index (χ1n) is 3.42. The second kappa shape index (κ2) is 4.88. The summed E-state index contributed by atoms with van der Waals surface area (Å²) in [6, 6.07) is 2.07. The summed E-state index contributed by atoms with van der Waals surface area (Å²) in [4.78, 5) is 4.05. The van der Waals surface area contributed by atoms with E-state index in [0.29, 0.717) is 0 Å². The Balaban J connectivity index is 2.83. The summed E-state index contributed by atoms with van der Waals surface area (Å²) in [6.45, 7) is 0. The van der Waals surface area contributed by atoms with Crippen molar-refractivity contribution >= 4 is 31.9 Å². The van der Waals surface area contributed by atoms with E-state index in [1.54, 1.807) is 0 Å². The highest BCUT2D eigenvalue weighted by Crippen LogP contribution is 2.11. The van der Waals surface area contributed by atoms with Crippen LogP contribution in [0.15, 0.2) is 18.5 Å². The van der Waals surface area contributed by atoms with Gasteiger partial charge in [-0.15, -0.1) is 0 Å². The number of pyridine rings is 1. The standard InChI is InChI=1S/C8H9Br2N/c9-3-1-7-2-4-11-6-8(7)5-10/h2,4,6H,1,3,5H2. The molecular formula is C8H9Br2N. The fourth-order valence-electron chi connectivity index (χ4n) is 0.922. The molecule has 0 aromatic carbocycles. The van der Waals surface area contributed by atoms with Crippen LogP contribution in [0, 0.1) is 0 Å². The van der Waals surface area contributed by atoms with Crippen LogP contribution in [-0.2, 0) is 11.8 Å². The molecule has 0 unspecified atom stereocenters.